The molecule has 2 rings (SSSR count). The summed E-state index contributed by atoms with van der Waals surface area (Å²) in [5.41, 5.74) is 6.82. The van der Waals surface area contributed by atoms with E-state index < -0.39 is 0 Å². The maximum absolute atomic E-state index is 12.2. The number of nitrogens with two attached hydrogens (primary N) is 1. The number of H-pyrrole nitrogens is 1. The van der Waals surface area contributed by atoms with Gasteiger partial charge in [0.25, 0.3) is 5.91 Å². The maximum atomic E-state index is 12.2. The van der Waals surface area contributed by atoms with Crippen molar-refractivity contribution in [2.45, 2.75) is 6.54 Å². The number of nitrogens with zero attached hydrogens (tertiary/aromatic N) is 3. The number of amides is 1. The van der Waals surface area contributed by atoms with Crippen LogP contribution in [0.5, 0.6) is 0 Å². The topological polar surface area (TPSA) is 87.9 Å². The van der Waals surface area contributed by atoms with Crippen LogP contribution >= 0.6 is 12.2 Å². The molecule has 0 radical (unpaired) electrons. The number of aromatic amines is 1. The Labute approximate surface area is 115 Å². The van der Waals surface area contributed by atoms with E-state index in [0.717, 1.165) is 5.56 Å². The van der Waals surface area contributed by atoms with Crippen molar-refractivity contribution >= 4 is 23.1 Å². The van der Waals surface area contributed by atoms with E-state index in [-0.39, 0.29) is 5.91 Å². The quantitative estimate of drug-likeness (QED) is 0.802. The van der Waals surface area contributed by atoms with Crippen molar-refractivity contribution in [3.8, 4) is 0 Å². The molecule has 19 heavy (non-hydrogen) atoms. The largest absolute Gasteiger partial charge is 0.389 e. The summed E-state index contributed by atoms with van der Waals surface area (Å²) in [5, 5.41) is 6.45. The molecule has 0 saturated carbocycles. The standard InChI is InChI=1S/C12H13N5OS/c1-17(6-10-14-7-15-16-10)12(18)9-4-2-8(3-5-9)11(13)19/h2-5,7H,6H2,1H3,(H2,13,19)(H,14,15,16). The van der Waals surface area contributed by atoms with Gasteiger partial charge in [0.2, 0.25) is 0 Å². The molecular formula is C12H13N5OS. The highest BCUT2D eigenvalue weighted by Gasteiger charge is 2.13. The number of nitrogens with one attached hydrogen (secondary N) is 1. The van der Waals surface area contributed by atoms with Crippen molar-refractivity contribution in [2.75, 3.05) is 7.05 Å². The average Bonchev–Trinajstić information content (AvgIpc) is 2.90. The minimum absolute atomic E-state index is 0.106. The van der Waals surface area contributed by atoms with Crippen LogP contribution < -0.4 is 5.73 Å². The monoisotopic (exact) mass is 275 g/mol. The Balaban J connectivity index is 2.08. The molecule has 0 aliphatic carbocycles. The fourth-order valence-electron chi connectivity index (χ4n) is 1.60. The molecule has 0 aliphatic rings. The van der Waals surface area contributed by atoms with Gasteiger partial charge < -0.3 is 10.6 Å². The summed E-state index contributed by atoms with van der Waals surface area (Å²) in [7, 11) is 1.70. The van der Waals surface area contributed by atoms with E-state index in [1.165, 1.54) is 6.33 Å². The summed E-state index contributed by atoms with van der Waals surface area (Å²) in [6.45, 7) is 0.371. The van der Waals surface area contributed by atoms with Gasteiger partial charge in [-0.15, -0.1) is 0 Å². The number of carbonyl (C=O) groups excluding carboxylic acids is 1. The van der Waals surface area contributed by atoms with E-state index in [2.05, 4.69) is 15.2 Å². The molecule has 0 fully saturated rings. The molecule has 1 aromatic heterocycles. The van der Waals surface area contributed by atoms with Gasteiger partial charge in [-0.2, -0.15) is 5.10 Å². The number of aromatic nitrogens is 3. The van der Waals surface area contributed by atoms with Gasteiger partial charge >= 0.3 is 0 Å². The summed E-state index contributed by atoms with van der Waals surface area (Å²) >= 11 is 4.86. The SMILES string of the molecule is CN(Cc1ncn[nH]1)C(=O)c1ccc(C(N)=S)cc1. The number of carbonyl (C=O) groups is 1. The van der Waals surface area contributed by atoms with Crippen molar-refractivity contribution in [3.63, 3.8) is 0 Å². The van der Waals surface area contributed by atoms with Crippen LogP contribution in [0.25, 0.3) is 0 Å². The van der Waals surface area contributed by atoms with Crippen molar-refractivity contribution in [3.05, 3.63) is 47.5 Å². The van der Waals surface area contributed by atoms with Crippen molar-refractivity contribution in [1.82, 2.24) is 20.1 Å². The molecule has 2 aromatic rings. The van der Waals surface area contributed by atoms with Crippen LogP contribution in [0, 0.1) is 0 Å². The minimum Gasteiger partial charge on any atom is -0.389 e. The Morgan fingerprint density at radius 3 is 2.53 bits per heavy atom. The molecule has 1 heterocycles. The van der Waals surface area contributed by atoms with Crippen LogP contribution in [0.3, 0.4) is 0 Å². The Bertz CT molecular complexity index is 579. The number of hydrogen-bond donors (Lipinski definition) is 2. The van der Waals surface area contributed by atoms with E-state index in [4.69, 9.17) is 18.0 Å². The smallest absolute Gasteiger partial charge is 0.254 e. The van der Waals surface area contributed by atoms with Crippen LogP contribution in [-0.4, -0.2) is 38.0 Å². The Hall–Kier alpha value is -2.28. The van der Waals surface area contributed by atoms with Gasteiger partial charge in [0, 0.05) is 18.2 Å². The van der Waals surface area contributed by atoms with Crippen LogP contribution in [0.1, 0.15) is 21.7 Å². The average molecular weight is 275 g/mol. The molecule has 7 heteroatoms. The van der Waals surface area contributed by atoms with Crippen molar-refractivity contribution < 1.29 is 4.79 Å². The molecule has 1 aromatic carbocycles. The predicted octanol–water partition coefficient (Wildman–Crippen LogP) is 0.711. The maximum Gasteiger partial charge on any atom is 0.254 e. The first-order chi connectivity index (χ1) is 9.08. The van der Waals surface area contributed by atoms with Gasteiger partial charge in [-0.1, -0.05) is 24.4 Å². The second kappa shape index (κ2) is 5.57. The van der Waals surface area contributed by atoms with Crippen LogP contribution in [-0.2, 0) is 6.54 Å². The zero-order valence-electron chi connectivity index (χ0n) is 10.3. The summed E-state index contributed by atoms with van der Waals surface area (Å²) in [4.78, 5) is 18.0. The fourth-order valence-corrected chi connectivity index (χ4v) is 1.74. The summed E-state index contributed by atoms with van der Waals surface area (Å²) in [6.07, 6.45) is 1.41. The lowest BCUT2D eigenvalue weighted by Gasteiger charge is -2.15. The molecular weight excluding hydrogens is 262 g/mol. The molecule has 3 N–H and O–H groups in total. The predicted molar refractivity (Wildman–Crippen MR) is 74.5 cm³/mol. The van der Waals surface area contributed by atoms with Crippen LogP contribution in [0.4, 0.5) is 0 Å². The first kappa shape index (κ1) is 13.2. The zero-order chi connectivity index (χ0) is 13.8. The van der Waals surface area contributed by atoms with Crippen molar-refractivity contribution in [1.29, 1.82) is 0 Å². The summed E-state index contributed by atoms with van der Waals surface area (Å²) < 4.78 is 0. The Kier molecular flexibility index (Phi) is 3.86. The summed E-state index contributed by atoms with van der Waals surface area (Å²) in [5.74, 6) is 0.529. The highest BCUT2D eigenvalue weighted by molar-refractivity contribution is 7.80. The lowest BCUT2D eigenvalue weighted by atomic mass is 10.1. The zero-order valence-corrected chi connectivity index (χ0v) is 11.1. The number of rotatable bonds is 4. The number of hydrogen-bond acceptors (Lipinski definition) is 4. The molecule has 0 saturated heterocycles. The molecule has 0 spiro atoms. The molecule has 0 unspecified atom stereocenters. The molecule has 6 nitrogen and oxygen atoms in total. The molecule has 0 aliphatic heterocycles. The molecule has 0 atom stereocenters. The third kappa shape index (κ3) is 3.14. The van der Waals surface area contributed by atoms with Crippen molar-refractivity contribution in [2.24, 2.45) is 5.73 Å². The normalized spacial score (nSPS) is 10.2. The highest BCUT2D eigenvalue weighted by Crippen LogP contribution is 2.08. The first-order valence-corrected chi connectivity index (χ1v) is 5.98. The second-order valence-electron chi connectivity index (χ2n) is 4.03. The number of benzene rings is 1. The van der Waals surface area contributed by atoms with Gasteiger partial charge in [-0.3, -0.25) is 9.89 Å². The van der Waals surface area contributed by atoms with Gasteiger partial charge in [0.1, 0.15) is 17.1 Å². The third-order valence-electron chi connectivity index (χ3n) is 2.61. The van der Waals surface area contributed by atoms with E-state index in [1.54, 1.807) is 36.2 Å². The lowest BCUT2D eigenvalue weighted by molar-refractivity contribution is 0.0781. The molecule has 98 valence electrons. The van der Waals surface area contributed by atoms with E-state index >= 15 is 0 Å². The fraction of sp³-hybridized carbons (Fsp3) is 0.167. The molecule has 0 bridgehead atoms. The third-order valence-corrected chi connectivity index (χ3v) is 2.85. The molecule has 1 amide bonds. The minimum atomic E-state index is -0.106. The number of thiocarbonyl (C=S) groups is 1. The second-order valence-corrected chi connectivity index (χ2v) is 4.47. The first-order valence-electron chi connectivity index (χ1n) is 5.57. The van der Waals surface area contributed by atoms with E-state index in [9.17, 15) is 4.79 Å². The highest BCUT2D eigenvalue weighted by atomic mass is 32.1. The summed E-state index contributed by atoms with van der Waals surface area (Å²) in [6, 6.07) is 6.87. The van der Waals surface area contributed by atoms with E-state index in [0.29, 0.717) is 22.9 Å². The van der Waals surface area contributed by atoms with Gasteiger partial charge in [0.15, 0.2) is 0 Å². The van der Waals surface area contributed by atoms with E-state index in [1.807, 2.05) is 0 Å². The van der Waals surface area contributed by atoms with Gasteiger partial charge in [0.05, 0.1) is 6.54 Å². The van der Waals surface area contributed by atoms with Crippen LogP contribution in [0.15, 0.2) is 30.6 Å². The Morgan fingerprint density at radius 2 is 2.00 bits per heavy atom. The van der Waals surface area contributed by atoms with Gasteiger partial charge in [-0.05, 0) is 12.1 Å². The van der Waals surface area contributed by atoms with Gasteiger partial charge in [-0.25, -0.2) is 4.98 Å². The Morgan fingerprint density at radius 1 is 1.37 bits per heavy atom. The van der Waals surface area contributed by atoms with Crippen LogP contribution in [0.2, 0.25) is 0 Å². The lowest BCUT2D eigenvalue weighted by Crippen LogP contribution is -2.26.